The summed E-state index contributed by atoms with van der Waals surface area (Å²) in [7, 11) is 0. The van der Waals surface area contributed by atoms with Crippen molar-refractivity contribution in [3.05, 3.63) is 65.7 Å². The van der Waals surface area contributed by atoms with Crippen LogP contribution in [0.3, 0.4) is 0 Å². The predicted molar refractivity (Wildman–Crippen MR) is 79.7 cm³/mol. The van der Waals surface area contributed by atoms with Gasteiger partial charge in [-0.25, -0.2) is 8.78 Å². The minimum absolute atomic E-state index is 0.113. The van der Waals surface area contributed by atoms with Crippen molar-refractivity contribution in [2.24, 2.45) is 5.73 Å². The fourth-order valence-corrected chi connectivity index (χ4v) is 3.16. The lowest BCUT2D eigenvalue weighted by molar-refractivity contribution is 0.505. The molecule has 2 aromatic carbocycles. The van der Waals surface area contributed by atoms with E-state index in [-0.39, 0.29) is 11.3 Å². The highest BCUT2D eigenvalue weighted by Crippen LogP contribution is 2.33. The first-order valence-electron chi connectivity index (χ1n) is 6.54. The Morgan fingerprint density at radius 3 is 2.35 bits per heavy atom. The Kier molecular flexibility index (Phi) is 5.15. The van der Waals surface area contributed by atoms with Crippen molar-refractivity contribution in [3.63, 3.8) is 0 Å². The summed E-state index contributed by atoms with van der Waals surface area (Å²) in [6, 6.07) is 13.6. The van der Waals surface area contributed by atoms with E-state index in [1.54, 1.807) is 6.07 Å². The molecule has 0 fully saturated rings. The molecule has 2 N–H and O–H groups in total. The van der Waals surface area contributed by atoms with Crippen molar-refractivity contribution >= 4 is 11.8 Å². The van der Waals surface area contributed by atoms with Crippen LogP contribution in [0.25, 0.3) is 0 Å². The SMILES string of the molecule is CCC(Sc1ccc(F)c(F)c1)C(N)c1ccccc1. The Bertz CT molecular complexity index is 560. The molecule has 0 saturated heterocycles. The van der Waals surface area contributed by atoms with Gasteiger partial charge in [-0.15, -0.1) is 11.8 Å². The van der Waals surface area contributed by atoms with Gasteiger partial charge in [0.15, 0.2) is 11.6 Å². The zero-order valence-corrected chi connectivity index (χ0v) is 12.0. The average molecular weight is 293 g/mol. The van der Waals surface area contributed by atoms with Crippen molar-refractivity contribution in [2.75, 3.05) is 0 Å². The summed E-state index contributed by atoms with van der Waals surface area (Å²) < 4.78 is 26.2. The summed E-state index contributed by atoms with van der Waals surface area (Å²) in [5.41, 5.74) is 7.33. The predicted octanol–water partition coefficient (Wildman–Crippen LogP) is 4.54. The molecule has 0 aliphatic carbocycles. The van der Waals surface area contributed by atoms with Crippen LogP contribution in [0.2, 0.25) is 0 Å². The highest BCUT2D eigenvalue weighted by Gasteiger charge is 2.19. The summed E-state index contributed by atoms with van der Waals surface area (Å²) in [6.45, 7) is 2.04. The second-order valence-electron chi connectivity index (χ2n) is 4.58. The van der Waals surface area contributed by atoms with Gasteiger partial charge in [0.05, 0.1) is 0 Å². The fraction of sp³-hybridized carbons (Fsp3) is 0.250. The third kappa shape index (κ3) is 3.58. The monoisotopic (exact) mass is 293 g/mol. The minimum Gasteiger partial charge on any atom is -0.323 e. The summed E-state index contributed by atoms with van der Waals surface area (Å²) >= 11 is 1.48. The molecule has 0 aliphatic rings. The van der Waals surface area contributed by atoms with Gasteiger partial charge in [0, 0.05) is 16.2 Å². The van der Waals surface area contributed by atoms with Crippen LogP contribution in [0, 0.1) is 11.6 Å². The Hall–Kier alpha value is -1.39. The third-order valence-electron chi connectivity index (χ3n) is 3.17. The van der Waals surface area contributed by atoms with Gasteiger partial charge in [0.25, 0.3) is 0 Å². The van der Waals surface area contributed by atoms with Crippen molar-refractivity contribution in [1.82, 2.24) is 0 Å². The van der Waals surface area contributed by atoms with E-state index in [4.69, 9.17) is 5.73 Å². The number of rotatable bonds is 5. The molecule has 0 aliphatic heterocycles. The molecular weight excluding hydrogens is 276 g/mol. The first-order valence-corrected chi connectivity index (χ1v) is 7.42. The lowest BCUT2D eigenvalue weighted by atomic mass is 10.0. The van der Waals surface area contributed by atoms with Gasteiger partial charge in [-0.05, 0) is 30.2 Å². The highest BCUT2D eigenvalue weighted by atomic mass is 32.2. The molecule has 2 atom stereocenters. The first kappa shape index (κ1) is 15.0. The van der Waals surface area contributed by atoms with Gasteiger partial charge in [0.2, 0.25) is 0 Å². The van der Waals surface area contributed by atoms with Crippen molar-refractivity contribution in [2.45, 2.75) is 29.5 Å². The summed E-state index contributed by atoms with van der Waals surface area (Å²) in [5.74, 6) is -1.65. The maximum atomic E-state index is 13.2. The third-order valence-corrected chi connectivity index (χ3v) is 4.62. The second kappa shape index (κ2) is 6.86. The van der Waals surface area contributed by atoms with Crippen LogP contribution in [0.15, 0.2) is 53.4 Å². The molecule has 106 valence electrons. The van der Waals surface area contributed by atoms with Gasteiger partial charge in [0.1, 0.15) is 0 Å². The highest BCUT2D eigenvalue weighted by molar-refractivity contribution is 8.00. The van der Waals surface area contributed by atoms with E-state index < -0.39 is 11.6 Å². The zero-order valence-electron chi connectivity index (χ0n) is 11.2. The van der Waals surface area contributed by atoms with E-state index in [9.17, 15) is 8.78 Å². The maximum absolute atomic E-state index is 13.2. The molecule has 4 heteroatoms. The summed E-state index contributed by atoms with van der Waals surface area (Å²) in [5, 5.41) is 0.113. The molecule has 2 unspecified atom stereocenters. The number of benzene rings is 2. The molecule has 1 nitrogen and oxygen atoms in total. The standard InChI is InChI=1S/C16H17F2NS/c1-2-15(16(19)11-6-4-3-5-7-11)20-12-8-9-13(17)14(18)10-12/h3-10,15-16H,2,19H2,1H3. The summed E-state index contributed by atoms with van der Waals surface area (Å²) in [6.07, 6.45) is 0.847. The van der Waals surface area contributed by atoms with Crippen LogP contribution in [-0.2, 0) is 0 Å². The summed E-state index contributed by atoms with van der Waals surface area (Å²) in [4.78, 5) is 0.696. The molecule has 0 amide bonds. The first-order chi connectivity index (χ1) is 9.61. The number of halogens is 2. The second-order valence-corrected chi connectivity index (χ2v) is 5.89. The number of hydrogen-bond acceptors (Lipinski definition) is 2. The smallest absolute Gasteiger partial charge is 0.159 e. The lowest BCUT2D eigenvalue weighted by Gasteiger charge is -2.22. The molecule has 0 heterocycles. The topological polar surface area (TPSA) is 26.0 Å². The molecule has 20 heavy (non-hydrogen) atoms. The van der Waals surface area contributed by atoms with Gasteiger partial charge < -0.3 is 5.73 Å². The van der Waals surface area contributed by atoms with E-state index in [0.29, 0.717) is 4.90 Å². The van der Waals surface area contributed by atoms with E-state index in [1.807, 2.05) is 37.3 Å². The Morgan fingerprint density at radius 2 is 1.75 bits per heavy atom. The quantitative estimate of drug-likeness (QED) is 0.819. The van der Waals surface area contributed by atoms with Crippen molar-refractivity contribution in [1.29, 1.82) is 0 Å². The fourth-order valence-electron chi connectivity index (χ4n) is 2.03. The van der Waals surface area contributed by atoms with Gasteiger partial charge in [-0.1, -0.05) is 37.3 Å². The normalized spacial score (nSPS) is 14.0. The van der Waals surface area contributed by atoms with Crippen molar-refractivity contribution < 1.29 is 8.78 Å². The van der Waals surface area contributed by atoms with Crippen LogP contribution >= 0.6 is 11.8 Å². The molecule has 0 saturated carbocycles. The van der Waals surface area contributed by atoms with E-state index in [1.165, 1.54) is 17.8 Å². The molecule has 0 bridgehead atoms. The van der Waals surface area contributed by atoms with Crippen LogP contribution in [-0.4, -0.2) is 5.25 Å². The average Bonchev–Trinajstić information content (AvgIpc) is 2.48. The molecular formula is C16H17F2NS. The minimum atomic E-state index is -0.824. The molecule has 0 radical (unpaired) electrons. The molecule has 2 rings (SSSR count). The van der Waals surface area contributed by atoms with Crippen LogP contribution in [0.4, 0.5) is 8.78 Å². The Balaban J connectivity index is 2.14. The maximum Gasteiger partial charge on any atom is 0.159 e. The van der Waals surface area contributed by atoms with E-state index in [2.05, 4.69) is 0 Å². The number of nitrogens with two attached hydrogens (primary N) is 1. The molecule has 0 spiro atoms. The van der Waals surface area contributed by atoms with Crippen LogP contribution < -0.4 is 5.73 Å². The van der Waals surface area contributed by atoms with Crippen LogP contribution in [0.1, 0.15) is 24.9 Å². The van der Waals surface area contributed by atoms with Crippen LogP contribution in [0.5, 0.6) is 0 Å². The van der Waals surface area contributed by atoms with E-state index >= 15 is 0 Å². The molecule has 0 aromatic heterocycles. The zero-order chi connectivity index (χ0) is 14.5. The number of hydrogen-bond donors (Lipinski definition) is 1. The van der Waals surface area contributed by atoms with Crippen molar-refractivity contribution in [3.8, 4) is 0 Å². The van der Waals surface area contributed by atoms with Gasteiger partial charge in [-0.3, -0.25) is 0 Å². The molecule has 2 aromatic rings. The van der Waals surface area contributed by atoms with Gasteiger partial charge in [-0.2, -0.15) is 0 Å². The van der Waals surface area contributed by atoms with E-state index in [0.717, 1.165) is 18.1 Å². The lowest BCUT2D eigenvalue weighted by Crippen LogP contribution is -2.23. The Labute approximate surface area is 122 Å². The largest absolute Gasteiger partial charge is 0.323 e. The Morgan fingerprint density at radius 1 is 1.05 bits per heavy atom. The number of thioether (sulfide) groups is 1. The van der Waals surface area contributed by atoms with Gasteiger partial charge >= 0.3 is 0 Å².